The monoisotopic (exact) mass is 331 g/mol. The van der Waals surface area contributed by atoms with E-state index in [2.05, 4.69) is 27.9 Å². The van der Waals surface area contributed by atoms with Crippen molar-refractivity contribution in [2.75, 3.05) is 6.54 Å². The molecule has 1 aromatic carbocycles. The van der Waals surface area contributed by atoms with Gasteiger partial charge in [-0.25, -0.2) is 4.98 Å². The summed E-state index contributed by atoms with van der Waals surface area (Å²) < 4.78 is 0. The summed E-state index contributed by atoms with van der Waals surface area (Å²) in [7, 11) is 0. The molecule has 23 heavy (non-hydrogen) atoms. The Morgan fingerprint density at radius 3 is 2.87 bits per heavy atom. The van der Waals surface area contributed by atoms with Crippen LogP contribution in [0.4, 0.5) is 0 Å². The van der Waals surface area contributed by atoms with Gasteiger partial charge in [0.15, 0.2) is 0 Å². The third kappa shape index (κ3) is 3.33. The summed E-state index contributed by atoms with van der Waals surface area (Å²) in [6, 6.07) is 5.96. The number of nitrogens with one attached hydrogen (secondary N) is 1. The van der Waals surface area contributed by atoms with Gasteiger partial charge in [0.1, 0.15) is 5.82 Å². The van der Waals surface area contributed by atoms with Gasteiger partial charge in [-0.2, -0.15) is 0 Å². The Kier molecular flexibility index (Phi) is 4.55. The average molecular weight is 332 g/mol. The summed E-state index contributed by atoms with van der Waals surface area (Å²) in [6.45, 7) is 8.44. The molecule has 1 aromatic heterocycles. The number of hydrogen-bond donors (Lipinski definition) is 1. The zero-order chi connectivity index (χ0) is 16.6. The molecule has 0 bridgehead atoms. The van der Waals surface area contributed by atoms with Crippen LogP contribution in [0.3, 0.4) is 0 Å². The Balaban J connectivity index is 1.85. The number of aromatic amines is 1. The smallest absolute Gasteiger partial charge is 0.255 e. The second kappa shape index (κ2) is 6.46. The number of hydrogen-bond acceptors (Lipinski definition) is 3. The van der Waals surface area contributed by atoms with Crippen molar-refractivity contribution < 1.29 is 0 Å². The number of fused-ring (bicyclic) bond motifs is 1. The Hall–Kier alpha value is -1.65. The van der Waals surface area contributed by atoms with E-state index in [1.54, 1.807) is 0 Å². The molecule has 0 fully saturated rings. The van der Waals surface area contributed by atoms with Crippen LogP contribution < -0.4 is 5.56 Å². The lowest BCUT2D eigenvalue weighted by Gasteiger charge is -2.28. The summed E-state index contributed by atoms with van der Waals surface area (Å²) in [5.41, 5.74) is 4.07. The summed E-state index contributed by atoms with van der Waals surface area (Å²) in [5, 5.41) is 0.790. The number of aryl methyl sites for hydroxylation is 1. The number of H-pyrrole nitrogens is 1. The lowest BCUT2D eigenvalue weighted by Crippen LogP contribution is -2.36. The van der Waals surface area contributed by atoms with E-state index >= 15 is 0 Å². The first-order valence-corrected chi connectivity index (χ1v) is 8.42. The van der Waals surface area contributed by atoms with Crippen LogP contribution in [0.2, 0.25) is 5.02 Å². The van der Waals surface area contributed by atoms with Crippen molar-refractivity contribution in [2.45, 2.75) is 46.2 Å². The van der Waals surface area contributed by atoms with E-state index in [-0.39, 0.29) is 11.5 Å². The standard InChI is InChI=1S/C18H22ClN3O/c1-11(2)17-20-16-7-8-22(10-14(16)18(23)21-17)9-13-12(3)5-4-6-15(13)19/h4-6,11H,7-10H2,1-3H3,(H,20,21,23). The van der Waals surface area contributed by atoms with Crippen molar-refractivity contribution >= 4 is 11.6 Å². The highest BCUT2D eigenvalue weighted by molar-refractivity contribution is 6.31. The van der Waals surface area contributed by atoms with E-state index in [9.17, 15) is 4.79 Å². The summed E-state index contributed by atoms with van der Waals surface area (Å²) in [4.78, 5) is 22.2. The van der Waals surface area contributed by atoms with Gasteiger partial charge in [-0.1, -0.05) is 37.6 Å². The topological polar surface area (TPSA) is 49.0 Å². The molecular weight excluding hydrogens is 310 g/mol. The summed E-state index contributed by atoms with van der Waals surface area (Å²) in [6.07, 6.45) is 0.808. The van der Waals surface area contributed by atoms with Gasteiger partial charge in [-0.15, -0.1) is 0 Å². The quantitative estimate of drug-likeness (QED) is 0.937. The highest BCUT2D eigenvalue weighted by Crippen LogP contribution is 2.24. The van der Waals surface area contributed by atoms with Crippen molar-refractivity contribution in [1.29, 1.82) is 0 Å². The number of rotatable bonds is 3. The zero-order valence-electron chi connectivity index (χ0n) is 13.8. The molecular formula is C18H22ClN3O. The molecule has 2 aromatic rings. The maximum Gasteiger partial charge on any atom is 0.255 e. The minimum atomic E-state index is -0.000666. The summed E-state index contributed by atoms with van der Waals surface area (Å²) >= 11 is 6.33. The van der Waals surface area contributed by atoms with Crippen LogP contribution in [0.15, 0.2) is 23.0 Å². The predicted molar refractivity (Wildman–Crippen MR) is 93.0 cm³/mol. The van der Waals surface area contributed by atoms with Crippen molar-refractivity contribution in [3.63, 3.8) is 0 Å². The molecule has 2 heterocycles. The highest BCUT2D eigenvalue weighted by Gasteiger charge is 2.22. The molecule has 0 spiro atoms. The molecule has 0 saturated carbocycles. The molecule has 0 atom stereocenters. The molecule has 0 radical (unpaired) electrons. The fourth-order valence-electron chi connectivity index (χ4n) is 3.00. The molecule has 0 amide bonds. The predicted octanol–water partition coefficient (Wildman–Crippen LogP) is 3.41. The van der Waals surface area contributed by atoms with Gasteiger partial charge in [-0.05, 0) is 24.1 Å². The third-order valence-corrected chi connectivity index (χ3v) is 4.80. The second-order valence-corrected chi connectivity index (χ2v) is 6.93. The second-order valence-electron chi connectivity index (χ2n) is 6.53. The van der Waals surface area contributed by atoms with Gasteiger partial charge < -0.3 is 4.98 Å². The van der Waals surface area contributed by atoms with Gasteiger partial charge in [0, 0.05) is 37.0 Å². The van der Waals surface area contributed by atoms with E-state index < -0.39 is 0 Å². The number of benzene rings is 1. The van der Waals surface area contributed by atoms with Crippen LogP contribution in [0, 0.1) is 6.92 Å². The van der Waals surface area contributed by atoms with E-state index in [0.29, 0.717) is 6.54 Å². The van der Waals surface area contributed by atoms with Crippen LogP contribution in [-0.2, 0) is 19.5 Å². The SMILES string of the molecule is Cc1cccc(Cl)c1CN1CCc2nc(C(C)C)[nH]c(=O)c2C1. The maximum atomic E-state index is 12.4. The van der Waals surface area contributed by atoms with Crippen LogP contribution in [-0.4, -0.2) is 21.4 Å². The number of halogens is 1. The molecule has 0 saturated heterocycles. The van der Waals surface area contributed by atoms with Crippen molar-refractivity contribution in [1.82, 2.24) is 14.9 Å². The van der Waals surface area contributed by atoms with Crippen molar-refractivity contribution in [3.05, 3.63) is 61.8 Å². The van der Waals surface area contributed by atoms with Gasteiger partial charge in [0.2, 0.25) is 0 Å². The molecule has 1 aliphatic rings. The Labute approximate surface area is 141 Å². The highest BCUT2D eigenvalue weighted by atomic mass is 35.5. The molecule has 122 valence electrons. The van der Waals surface area contributed by atoms with Crippen LogP contribution in [0.5, 0.6) is 0 Å². The minimum Gasteiger partial charge on any atom is -0.310 e. The molecule has 0 aliphatic carbocycles. The van der Waals surface area contributed by atoms with Crippen molar-refractivity contribution in [2.24, 2.45) is 0 Å². The lowest BCUT2D eigenvalue weighted by molar-refractivity contribution is 0.241. The van der Waals surface area contributed by atoms with Gasteiger partial charge in [0.25, 0.3) is 5.56 Å². The van der Waals surface area contributed by atoms with Crippen molar-refractivity contribution in [3.8, 4) is 0 Å². The largest absolute Gasteiger partial charge is 0.310 e. The van der Waals surface area contributed by atoms with E-state index in [1.807, 2.05) is 26.0 Å². The van der Waals surface area contributed by atoms with E-state index in [0.717, 1.165) is 47.2 Å². The van der Waals surface area contributed by atoms with Crippen LogP contribution >= 0.6 is 11.6 Å². The zero-order valence-corrected chi connectivity index (χ0v) is 14.6. The minimum absolute atomic E-state index is 0.000666. The van der Waals surface area contributed by atoms with Gasteiger partial charge in [0.05, 0.1) is 11.3 Å². The van der Waals surface area contributed by atoms with Crippen LogP contribution in [0.1, 0.15) is 48.0 Å². The Morgan fingerprint density at radius 2 is 2.17 bits per heavy atom. The molecule has 1 N–H and O–H groups in total. The first-order chi connectivity index (χ1) is 11.0. The molecule has 5 heteroatoms. The summed E-state index contributed by atoms with van der Waals surface area (Å²) in [5.74, 6) is 1.01. The first-order valence-electron chi connectivity index (χ1n) is 8.04. The van der Waals surface area contributed by atoms with E-state index in [4.69, 9.17) is 11.6 Å². The number of aromatic nitrogens is 2. The van der Waals surface area contributed by atoms with E-state index in [1.165, 1.54) is 5.56 Å². The maximum absolute atomic E-state index is 12.4. The average Bonchev–Trinajstić information content (AvgIpc) is 2.51. The molecule has 3 rings (SSSR count). The lowest BCUT2D eigenvalue weighted by atomic mass is 10.0. The first kappa shape index (κ1) is 16.2. The molecule has 1 aliphatic heterocycles. The van der Waals surface area contributed by atoms with Gasteiger partial charge >= 0.3 is 0 Å². The third-order valence-electron chi connectivity index (χ3n) is 4.45. The van der Waals surface area contributed by atoms with Crippen LogP contribution in [0.25, 0.3) is 0 Å². The Morgan fingerprint density at radius 1 is 1.39 bits per heavy atom. The molecule has 4 nitrogen and oxygen atoms in total. The fourth-order valence-corrected chi connectivity index (χ4v) is 3.28. The fraction of sp³-hybridized carbons (Fsp3) is 0.444. The normalized spacial score (nSPS) is 15.0. The number of nitrogens with zero attached hydrogens (tertiary/aromatic N) is 2. The molecule has 0 unspecified atom stereocenters. The Bertz CT molecular complexity index is 762. The van der Waals surface area contributed by atoms with Gasteiger partial charge in [-0.3, -0.25) is 9.69 Å².